The smallest absolute Gasteiger partial charge is 0.0798 e. The predicted molar refractivity (Wildman–Crippen MR) is 202 cm³/mol. The van der Waals surface area contributed by atoms with Gasteiger partial charge in [0.15, 0.2) is 0 Å². The molecule has 7 aromatic rings. The van der Waals surface area contributed by atoms with Crippen LogP contribution in [0.5, 0.6) is 0 Å². The van der Waals surface area contributed by atoms with E-state index in [1.807, 2.05) is 41.8 Å². The van der Waals surface area contributed by atoms with Crippen molar-refractivity contribution in [1.29, 1.82) is 0 Å². The third kappa shape index (κ3) is 7.55. The van der Waals surface area contributed by atoms with Gasteiger partial charge in [0.25, 0.3) is 0 Å². The minimum Gasteiger partial charge on any atom is -0.305 e. The second-order valence-corrected chi connectivity index (χ2v) is 19.4. The van der Waals surface area contributed by atoms with Crippen molar-refractivity contribution >= 4 is 44.8 Å². The van der Waals surface area contributed by atoms with Crippen molar-refractivity contribution in [3.05, 3.63) is 138 Å². The number of rotatable bonds is 5. The van der Waals surface area contributed by atoms with E-state index >= 15 is 0 Å². The van der Waals surface area contributed by atoms with Crippen molar-refractivity contribution in [2.24, 2.45) is 0 Å². The summed E-state index contributed by atoms with van der Waals surface area (Å²) in [5.74, 6) is 0.479. The van der Waals surface area contributed by atoms with Gasteiger partial charge in [-0.2, -0.15) is 11.3 Å². The number of fused-ring (bicyclic) bond motifs is 3. The van der Waals surface area contributed by atoms with Crippen molar-refractivity contribution < 1.29 is 20.1 Å². The van der Waals surface area contributed by atoms with Gasteiger partial charge in [-0.25, -0.2) is 0 Å². The van der Waals surface area contributed by atoms with Crippen LogP contribution in [0.15, 0.2) is 109 Å². The Morgan fingerprint density at radius 2 is 1.43 bits per heavy atom. The van der Waals surface area contributed by atoms with Gasteiger partial charge in [0.05, 0.1) is 8.07 Å². The van der Waals surface area contributed by atoms with Crippen molar-refractivity contribution in [2.45, 2.75) is 53.3 Å². The summed E-state index contributed by atoms with van der Waals surface area (Å²) in [4.78, 5) is 9.33. The molecule has 7 rings (SSSR count). The third-order valence-electron chi connectivity index (χ3n) is 8.47. The summed E-state index contributed by atoms with van der Waals surface area (Å²) in [7, 11) is -1.27. The summed E-state index contributed by atoms with van der Waals surface area (Å²) < 4.78 is 2.57. The summed E-state index contributed by atoms with van der Waals surface area (Å²) in [5.41, 5.74) is 10.7. The molecule has 0 aliphatic rings. The van der Waals surface area contributed by atoms with Crippen LogP contribution in [0, 0.1) is 26.0 Å². The number of pyridine rings is 2. The Morgan fingerprint density at radius 1 is 0.681 bits per heavy atom. The van der Waals surface area contributed by atoms with Gasteiger partial charge in [-0.3, -0.25) is 0 Å². The summed E-state index contributed by atoms with van der Waals surface area (Å²) in [6.45, 7) is 15.9. The van der Waals surface area contributed by atoms with Crippen LogP contribution in [0.4, 0.5) is 0 Å². The standard InChI is InChI=1S/C27H22NS.C15H18NSi.Ir/c1-17(2)23-15-25(28-16-18(23)3)22-11-7-10-21-24-14-20(19-8-5-4-6-9-19)12-13-26(24)29-27(21)22;1-12-10-14(13-8-6-5-7-9-13)16-11-15(12)17(2,3)4;/h4-10,12-17H,1-3H3;5-8,10-11H,1-4H3;/q2*-1;. The summed E-state index contributed by atoms with van der Waals surface area (Å²) >= 11 is 1.83. The van der Waals surface area contributed by atoms with Gasteiger partial charge in [0.2, 0.25) is 0 Å². The first-order valence-electron chi connectivity index (χ1n) is 15.9. The van der Waals surface area contributed by atoms with Gasteiger partial charge in [0.1, 0.15) is 0 Å². The van der Waals surface area contributed by atoms with E-state index in [1.54, 1.807) is 0 Å². The van der Waals surface area contributed by atoms with Crippen LogP contribution in [-0.4, -0.2) is 18.0 Å². The predicted octanol–water partition coefficient (Wildman–Crippen LogP) is 11.4. The SMILES string of the molecule is Cc1cc(-c2[c-]cccc2)ncc1[Si](C)(C)C.Cc1cnc(-c2[c-]ccc3c2sc2ccc(-c4ccccc4)cc23)cc1C(C)C.[Ir]. The zero-order chi connectivity index (χ0) is 32.4. The quantitative estimate of drug-likeness (QED) is 0.128. The van der Waals surface area contributed by atoms with Crippen molar-refractivity contribution in [2.75, 3.05) is 0 Å². The number of hydrogen-bond donors (Lipinski definition) is 0. The topological polar surface area (TPSA) is 25.8 Å². The van der Waals surface area contributed by atoms with E-state index in [2.05, 4.69) is 143 Å². The van der Waals surface area contributed by atoms with E-state index in [4.69, 9.17) is 4.98 Å². The van der Waals surface area contributed by atoms with Gasteiger partial charge in [-0.15, -0.1) is 59.7 Å². The molecular formula is C42H40IrN2SSi-2. The van der Waals surface area contributed by atoms with Crippen LogP contribution in [-0.2, 0) is 20.1 Å². The number of nitrogens with zero attached hydrogens (tertiary/aromatic N) is 2. The molecule has 47 heavy (non-hydrogen) atoms. The van der Waals surface area contributed by atoms with Gasteiger partial charge >= 0.3 is 0 Å². The van der Waals surface area contributed by atoms with Crippen LogP contribution in [0.2, 0.25) is 19.6 Å². The molecule has 0 amide bonds. The van der Waals surface area contributed by atoms with E-state index < -0.39 is 8.07 Å². The normalized spacial score (nSPS) is 11.3. The number of thiophene rings is 1. The fraction of sp³-hybridized carbons (Fsp3) is 0.190. The van der Waals surface area contributed by atoms with Crippen LogP contribution in [0.1, 0.15) is 36.5 Å². The number of hydrogen-bond acceptors (Lipinski definition) is 3. The van der Waals surface area contributed by atoms with Crippen molar-refractivity contribution in [1.82, 2.24) is 9.97 Å². The first kappa shape index (κ1) is 34.6. The molecule has 3 aromatic heterocycles. The molecule has 0 atom stereocenters. The monoisotopic (exact) mass is 825 g/mol. The minimum absolute atomic E-state index is 0. The zero-order valence-corrected chi connectivity index (χ0v) is 32.3. The molecule has 0 spiro atoms. The number of aromatic nitrogens is 2. The molecule has 1 radical (unpaired) electrons. The Balaban J connectivity index is 0.000000207. The zero-order valence-electron chi connectivity index (χ0n) is 28.1. The molecule has 0 saturated heterocycles. The molecule has 0 N–H and O–H groups in total. The molecule has 5 heteroatoms. The molecule has 0 saturated carbocycles. The fourth-order valence-corrected chi connectivity index (χ4v) is 8.98. The van der Waals surface area contributed by atoms with Gasteiger partial charge < -0.3 is 9.97 Å². The van der Waals surface area contributed by atoms with E-state index in [0.29, 0.717) is 5.92 Å². The Hall–Kier alpha value is -3.73. The molecule has 3 heterocycles. The Bertz CT molecular complexity index is 2130. The Kier molecular flexibility index (Phi) is 10.7. The summed E-state index contributed by atoms with van der Waals surface area (Å²) in [6, 6.07) is 40.7. The van der Waals surface area contributed by atoms with E-state index in [1.165, 1.54) is 53.2 Å². The second-order valence-electron chi connectivity index (χ2n) is 13.3. The number of aryl methyl sites for hydroxylation is 2. The summed E-state index contributed by atoms with van der Waals surface area (Å²) in [5, 5.41) is 4.03. The van der Waals surface area contributed by atoms with Crippen molar-refractivity contribution in [3.8, 4) is 33.6 Å². The first-order valence-corrected chi connectivity index (χ1v) is 20.3. The van der Waals surface area contributed by atoms with Gasteiger partial charge in [-0.1, -0.05) is 93.0 Å². The minimum atomic E-state index is -1.27. The Labute approximate surface area is 298 Å². The first-order chi connectivity index (χ1) is 22.1. The Morgan fingerprint density at radius 3 is 2.11 bits per heavy atom. The van der Waals surface area contributed by atoms with Crippen LogP contribution in [0.3, 0.4) is 0 Å². The molecule has 0 fully saturated rings. The van der Waals surface area contributed by atoms with E-state index in [9.17, 15) is 0 Å². The summed E-state index contributed by atoms with van der Waals surface area (Å²) in [6.07, 6.45) is 4.05. The maximum Gasteiger partial charge on any atom is 0.0798 e. The maximum absolute atomic E-state index is 4.75. The number of benzene rings is 4. The average molecular weight is 825 g/mol. The molecule has 239 valence electrons. The van der Waals surface area contributed by atoms with E-state index in [0.717, 1.165) is 22.5 Å². The molecular weight excluding hydrogens is 785 g/mol. The van der Waals surface area contributed by atoms with E-state index in [-0.39, 0.29) is 20.1 Å². The van der Waals surface area contributed by atoms with Gasteiger partial charge in [-0.05, 0) is 80.8 Å². The third-order valence-corrected chi connectivity index (χ3v) is 11.8. The molecule has 0 aliphatic carbocycles. The van der Waals surface area contributed by atoms with Crippen LogP contribution in [0.25, 0.3) is 53.8 Å². The molecule has 0 bridgehead atoms. The maximum atomic E-state index is 4.75. The van der Waals surface area contributed by atoms with Crippen LogP contribution >= 0.6 is 11.3 Å². The average Bonchev–Trinajstić information content (AvgIpc) is 3.44. The molecule has 2 nitrogen and oxygen atoms in total. The molecule has 4 aromatic carbocycles. The fourth-order valence-electron chi connectivity index (χ4n) is 6.08. The van der Waals surface area contributed by atoms with Gasteiger partial charge in [0, 0.05) is 37.2 Å². The molecule has 0 aliphatic heterocycles. The van der Waals surface area contributed by atoms with Crippen LogP contribution < -0.4 is 5.19 Å². The van der Waals surface area contributed by atoms with Crippen molar-refractivity contribution in [3.63, 3.8) is 0 Å². The second kappa shape index (κ2) is 14.6. The molecule has 0 unspecified atom stereocenters. The largest absolute Gasteiger partial charge is 0.305 e.